The van der Waals surface area contributed by atoms with E-state index in [1.54, 1.807) is 13.2 Å². The van der Waals surface area contributed by atoms with Crippen LogP contribution in [0.5, 0.6) is 0 Å². The lowest BCUT2D eigenvalue weighted by Gasteiger charge is -2.18. The number of benzene rings is 1. The summed E-state index contributed by atoms with van der Waals surface area (Å²) in [4.78, 5) is 31.3. The molecule has 1 aliphatic heterocycles. The fourth-order valence-corrected chi connectivity index (χ4v) is 5.30. The van der Waals surface area contributed by atoms with Crippen molar-refractivity contribution in [3.8, 4) is 0 Å². The quantitative estimate of drug-likeness (QED) is 0.178. The van der Waals surface area contributed by atoms with Gasteiger partial charge in [-0.1, -0.05) is 36.4 Å². The van der Waals surface area contributed by atoms with E-state index in [0.717, 1.165) is 18.5 Å². The largest absolute Gasteiger partial charge is 0.355 e. The smallest absolute Gasteiger partial charge is 0.233 e. The molecular formula is C24H29IN6O2. The van der Waals surface area contributed by atoms with Crippen molar-refractivity contribution in [2.45, 2.75) is 19.5 Å². The molecule has 2 fully saturated rings. The minimum Gasteiger partial charge on any atom is -0.355 e. The van der Waals surface area contributed by atoms with Gasteiger partial charge in [0.1, 0.15) is 0 Å². The third-order valence-electron chi connectivity index (χ3n) is 6.77. The normalized spacial score (nSPS) is 25.4. The van der Waals surface area contributed by atoms with Gasteiger partial charge >= 0.3 is 0 Å². The molecule has 1 aromatic carbocycles. The molecule has 33 heavy (non-hydrogen) atoms. The highest BCUT2D eigenvalue weighted by Gasteiger charge is 2.58. The molecule has 9 heteroatoms. The molecule has 2 heterocycles. The van der Waals surface area contributed by atoms with Crippen molar-refractivity contribution in [1.29, 1.82) is 0 Å². The second-order valence-corrected chi connectivity index (χ2v) is 8.70. The van der Waals surface area contributed by atoms with Crippen LogP contribution in [-0.2, 0) is 22.7 Å². The summed E-state index contributed by atoms with van der Waals surface area (Å²) in [5, 5.41) is 10.8. The summed E-state index contributed by atoms with van der Waals surface area (Å²) in [6.45, 7) is 2.18. The molecule has 1 saturated carbocycles. The average Bonchev–Trinajstić information content (AvgIpc) is 3.58. The first-order chi connectivity index (χ1) is 15.6. The lowest BCUT2D eigenvalue weighted by molar-refractivity contribution is -0.140. The standard InChI is InChI=1S/C24H28N6O2.HI/c1-25-24(27-14-16-4-2-5-17(12-16)15-29-10-3-8-28-29)26-9-11-30-22(31)20-18-6-7-19(13-18)21(20)23(30)32;/h2-8,10,12,18-21H,9,11,13-15H2,1H3,(H2,25,26,27);1H. The van der Waals surface area contributed by atoms with Gasteiger partial charge in [-0.25, -0.2) is 0 Å². The SMILES string of the molecule is CN=C(NCCN1C(=O)C2C3C=CC(C3)C2C1=O)NCc1cccc(Cn2cccn2)c1.I. The maximum atomic E-state index is 12.8. The highest BCUT2D eigenvalue weighted by Crippen LogP contribution is 2.52. The summed E-state index contributed by atoms with van der Waals surface area (Å²) in [7, 11) is 1.71. The Balaban J connectivity index is 0.00000259. The fraction of sp³-hybridized carbons (Fsp3) is 0.417. The Morgan fingerprint density at radius 3 is 2.48 bits per heavy atom. The number of aromatic nitrogens is 2. The maximum Gasteiger partial charge on any atom is 0.233 e. The third kappa shape index (κ3) is 4.68. The van der Waals surface area contributed by atoms with Gasteiger partial charge in [0.05, 0.1) is 18.4 Å². The van der Waals surface area contributed by atoms with Crippen molar-refractivity contribution in [2.75, 3.05) is 20.1 Å². The molecule has 0 radical (unpaired) electrons. The number of guanidine groups is 1. The van der Waals surface area contributed by atoms with Crippen LogP contribution in [0.2, 0.25) is 0 Å². The Morgan fingerprint density at radius 2 is 1.82 bits per heavy atom. The minimum absolute atomic E-state index is 0. The lowest BCUT2D eigenvalue weighted by Crippen LogP contribution is -2.43. The van der Waals surface area contributed by atoms with E-state index >= 15 is 0 Å². The van der Waals surface area contributed by atoms with Gasteiger partial charge in [-0.3, -0.25) is 24.2 Å². The van der Waals surface area contributed by atoms with E-state index in [4.69, 9.17) is 0 Å². The van der Waals surface area contributed by atoms with Crippen LogP contribution >= 0.6 is 24.0 Å². The Labute approximate surface area is 210 Å². The molecule has 2 N–H and O–H groups in total. The summed E-state index contributed by atoms with van der Waals surface area (Å²) < 4.78 is 1.89. The van der Waals surface area contributed by atoms with Crippen LogP contribution in [0, 0.1) is 23.7 Å². The monoisotopic (exact) mass is 560 g/mol. The van der Waals surface area contributed by atoms with E-state index in [1.807, 2.05) is 23.0 Å². The lowest BCUT2D eigenvalue weighted by atomic mass is 9.85. The summed E-state index contributed by atoms with van der Waals surface area (Å²) in [5.74, 6) is 0.860. The molecular weight excluding hydrogens is 531 g/mol. The van der Waals surface area contributed by atoms with Crippen molar-refractivity contribution < 1.29 is 9.59 Å². The van der Waals surface area contributed by atoms with Crippen LogP contribution in [0.4, 0.5) is 0 Å². The molecule has 2 aromatic rings. The number of carbonyl (C=O) groups is 2. The number of amides is 2. The molecule has 5 rings (SSSR count). The number of aliphatic imine (C=N–C) groups is 1. The Hall–Kier alpha value is -2.69. The van der Waals surface area contributed by atoms with E-state index in [1.165, 1.54) is 10.5 Å². The minimum atomic E-state index is -0.135. The number of rotatable bonds is 7. The second kappa shape index (κ2) is 10.1. The van der Waals surface area contributed by atoms with Crippen LogP contribution in [0.25, 0.3) is 0 Å². The summed E-state index contributed by atoms with van der Waals surface area (Å²) in [6.07, 6.45) is 8.92. The number of fused-ring (bicyclic) bond motifs is 5. The Kier molecular flexibility index (Phi) is 7.16. The van der Waals surface area contributed by atoms with Crippen LogP contribution < -0.4 is 10.6 Å². The molecule has 4 unspecified atom stereocenters. The van der Waals surface area contributed by atoms with Gasteiger partial charge in [-0.2, -0.15) is 5.10 Å². The zero-order valence-corrected chi connectivity index (χ0v) is 20.9. The number of nitrogens with zero attached hydrogens (tertiary/aromatic N) is 4. The van der Waals surface area contributed by atoms with Crippen LogP contribution in [0.1, 0.15) is 17.5 Å². The molecule has 2 bridgehead atoms. The average molecular weight is 560 g/mol. The number of imide groups is 1. The van der Waals surface area contributed by atoms with Crippen LogP contribution in [0.3, 0.4) is 0 Å². The maximum absolute atomic E-state index is 12.8. The number of halogens is 1. The summed E-state index contributed by atoms with van der Waals surface area (Å²) >= 11 is 0. The van der Waals surface area contributed by atoms with Gasteiger partial charge in [-0.15, -0.1) is 24.0 Å². The first-order valence-corrected chi connectivity index (χ1v) is 11.2. The topological polar surface area (TPSA) is 91.6 Å². The number of allylic oxidation sites excluding steroid dienone is 2. The van der Waals surface area contributed by atoms with Gasteiger partial charge in [0.25, 0.3) is 0 Å². The van der Waals surface area contributed by atoms with E-state index in [9.17, 15) is 9.59 Å². The summed E-state index contributed by atoms with van der Waals surface area (Å²) in [6, 6.07) is 10.2. The Bertz CT molecular complexity index is 1040. The number of hydrogen-bond donors (Lipinski definition) is 2. The predicted molar refractivity (Wildman–Crippen MR) is 136 cm³/mol. The molecule has 4 atom stereocenters. The highest BCUT2D eigenvalue weighted by molar-refractivity contribution is 14.0. The van der Waals surface area contributed by atoms with Crippen molar-refractivity contribution in [3.63, 3.8) is 0 Å². The van der Waals surface area contributed by atoms with Crippen molar-refractivity contribution >= 4 is 41.8 Å². The summed E-state index contributed by atoms with van der Waals surface area (Å²) in [5.41, 5.74) is 2.31. The molecule has 1 aromatic heterocycles. The zero-order valence-electron chi connectivity index (χ0n) is 18.6. The highest BCUT2D eigenvalue weighted by atomic mass is 127. The zero-order chi connectivity index (χ0) is 22.1. The fourth-order valence-electron chi connectivity index (χ4n) is 5.30. The van der Waals surface area contributed by atoms with Gasteiger partial charge in [0, 0.05) is 39.1 Å². The van der Waals surface area contributed by atoms with Crippen LogP contribution in [-0.4, -0.2) is 52.6 Å². The van der Waals surface area contributed by atoms with E-state index < -0.39 is 0 Å². The number of hydrogen-bond acceptors (Lipinski definition) is 4. The first-order valence-electron chi connectivity index (χ1n) is 11.2. The number of likely N-dealkylation sites (tertiary alicyclic amines) is 1. The molecule has 8 nitrogen and oxygen atoms in total. The number of nitrogens with one attached hydrogen (secondary N) is 2. The third-order valence-corrected chi connectivity index (χ3v) is 6.77. The molecule has 1 saturated heterocycles. The number of carbonyl (C=O) groups excluding carboxylic acids is 2. The molecule has 2 aliphatic carbocycles. The molecule has 3 aliphatic rings. The van der Waals surface area contributed by atoms with Gasteiger partial charge < -0.3 is 10.6 Å². The molecule has 0 spiro atoms. The predicted octanol–water partition coefficient (Wildman–Crippen LogP) is 2.02. The second-order valence-electron chi connectivity index (χ2n) is 8.70. The van der Waals surface area contributed by atoms with Crippen molar-refractivity contribution in [1.82, 2.24) is 25.3 Å². The van der Waals surface area contributed by atoms with E-state index in [0.29, 0.717) is 25.6 Å². The van der Waals surface area contributed by atoms with Gasteiger partial charge in [0.2, 0.25) is 11.8 Å². The van der Waals surface area contributed by atoms with Crippen molar-refractivity contribution in [3.05, 3.63) is 66.0 Å². The molecule has 2 amide bonds. The first kappa shape index (κ1) is 23.5. The van der Waals surface area contributed by atoms with Crippen LogP contribution in [0.15, 0.2) is 59.9 Å². The van der Waals surface area contributed by atoms with E-state index in [2.05, 4.69) is 51.1 Å². The van der Waals surface area contributed by atoms with Gasteiger partial charge in [0.15, 0.2) is 5.96 Å². The van der Waals surface area contributed by atoms with Gasteiger partial charge in [-0.05, 0) is 35.4 Å². The van der Waals surface area contributed by atoms with Crippen molar-refractivity contribution in [2.24, 2.45) is 28.7 Å². The molecule has 174 valence electrons. The Morgan fingerprint density at radius 1 is 1.09 bits per heavy atom. The van der Waals surface area contributed by atoms with E-state index in [-0.39, 0.29) is 59.5 Å².